The van der Waals surface area contributed by atoms with Crippen molar-refractivity contribution in [1.82, 2.24) is 4.98 Å². The van der Waals surface area contributed by atoms with Gasteiger partial charge >= 0.3 is 5.97 Å². The lowest BCUT2D eigenvalue weighted by Gasteiger charge is -2.16. The Morgan fingerprint density at radius 3 is 2.67 bits per heavy atom. The van der Waals surface area contributed by atoms with Crippen LogP contribution in [0.5, 0.6) is 0 Å². The van der Waals surface area contributed by atoms with Crippen molar-refractivity contribution in [3.8, 4) is 0 Å². The number of hydrogen-bond acceptors (Lipinski definition) is 4. The maximum atomic E-state index is 11.2. The second kappa shape index (κ2) is 6.67. The zero-order valence-corrected chi connectivity index (χ0v) is 12.8. The van der Waals surface area contributed by atoms with Crippen molar-refractivity contribution in [2.24, 2.45) is 0 Å². The van der Waals surface area contributed by atoms with Gasteiger partial charge in [0.2, 0.25) is 0 Å². The average molecular weight is 306 g/mol. The first-order valence-electron chi connectivity index (χ1n) is 6.66. The Morgan fingerprint density at radius 2 is 2.05 bits per heavy atom. The highest BCUT2D eigenvalue weighted by molar-refractivity contribution is 7.84. The number of carboxylic acid groups (broad SMARTS) is 1. The Balaban J connectivity index is 2.31. The number of pyridine rings is 1. The molecule has 0 amide bonds. The molecule has 0 fully saturated rings. The molecule has 0 aliphatic carbocycles. The summed E-state index contributed by atoms with van der Waals surface area (Å²) in [5.74, 6) is 0.295. The highest BCUT2D eigenvalue weighted by atomic mass is 32.2. The standard InChI is InChI=1S/C15H18N2O3S/c1-10(7-8-21(2)20)17-14-12-6-4-3-5-11(12)13(9-16-14)15(18)19/h3-6,9-10H,7-8H2,1-2H3,(H,16,17)(H,18,19). The fourth-order valence-corrected chi connectivity index (χ4v) is 2.81. The number of benzene rings is 1. The van der Waals surface area contributed by atoms with E-state index in [1.807, 2.05) is 25.1 Å². The van der Waals surface area contributed by atoms with Gasteiger partial charge in [0.15, 0.2) is 0 Å². The van der Waals surface area contributed by atoms with Crippen molar-refractivity contribution in [2.45, 2.75) is 19.4 Å². The van der Waals surface area contributed by atoms with Crippen LogP contribution in [-0.4, -0.2) is 38.3 Å². The van der Waals surface area contributed by atoms with Gasteiger partial charge in [-0.25, -0.2) is 9.78 Å². The van der Waals surface area contributed by atoms with Gasteiger partial charge in [0.25, 0.3) is 0 Å². The van der Waals surface area contributed by atoms with E-state index in [2.05, 4.69) is 10.3 Å². The quantitative estimate of drug-likeness (QED) is 0.857. The number of hydrogen-bond donors (Lipinski definition) is 2. The number of nitrogens with zero attached hydrogens (tertiary/aromatic N) is 1. The molecule has 0 spiro atoms. The normalized spacial score (nSPS) is 13.8. The second-order valence-corrected chi connectivity index (χ2v) is 6.54. The van der Waals surface area contributed by atoms with Gasteiger partial charge in [0.05, 0.1) is 5.56 Å². The zero-order chi connectivity index (χ0) is 15.4. The van der Waals surface area contributed by atoms with Crippen LogP contribution in [0.3, 0.4) is 0 Å². The molecule has 2 atom stereocenters. The van der Waals surface area contributed by atoms with Gasteiger partial charge < -0.3 is 10.4 Å². The van der Waals surface area contributed by atoms with Gasteiger partial charge in [-0.2, -0.15) is 0 Å². The summed E-state index contributed by atoms with van der Waals surface area (Å²) < 4.78 is 11.1. The first kappa shape index (κ1) is 15.4. The van der Waals surface area contributed by atoms with Crippen LogP contribution >= 0.6 is 0 Å². The summed E-state index contributed by atoms with van der Waals surface area (Å²) in [5.41, 5.74) is 0.193. The molecule has 0 aliphatic heterocycles. The number of fused-ring (bicyclic) bond motifs is 1. The summed E-state index contributed by atoms with van der Waals surface area (Å²) in [4.78, 5) is 15.5. The smallest absolute Gasteiger partial charge is 0.337 e. The predicted octanol–water partition coefficient (Wildman–Crippen LogP) is 2.50. The minimum Gasteiger partial charge on any atom is -0.478 e. The Bertz CT molecular complexity index is 688. The number of aromatic nitrogens is 1. The van der Waals surface area contributed by atoms with Crippen LogP contribution in [0.25, 0.3) is 10.8 Å². The third-order valence-corrected chi connectivity index (χ3v) is 4.06. The first-order valence-corrected chi connectivity index (χ1v) is 8.39. The average Bonchev–Trinajstić information content (AvgIpc) is 2.45. The van der Waals surface area contributed by atoms with E-state index in [9.17, 15) is 14.1 Å². The Labute approximate surface area is 125 Å². The monoisotopic (exact) mass is 306 g/mol. The maximum Gasteiger partial charge on any atom is 0.337 e. The first-order chi connectivity index (χ1) is 9.99. The topological polar surface area (TPSA) is 79.3 Å². The summed E-state index contributed by atoms with van der Waals surface area (Å²) in [7, 11) is -0.819. The lowest BCUT2D eigenvalue weighted by atomic mass is 10.1. The van der Waals surface area contributed by atoms with Crippen LogP contribution < -0.4 is 5.32 Å². The van der Waals surface area contributed by atoms with Crippen LogP contribution in [-0.2, 0) is 10.8 Å². The molecule has 1 heterocycles. The number of carboxylic acids is 1. The summed E-state index contributed by atoms with van der Waals surface area (Å²) >= 11 is 0. The zero-order valence-electron chi connectivity index (χ0n) is 12.0. The van der Waals surface area contributed by atoms with Crippen LogP contribution in [0.1, 0.15) is 23.7 Å². The Morgan fingerprint density at radius 1 is 1.38 bits per heavy atom. The van der Waals surface area contributed by atoms with E-state index >= 15 is 0 Å². The van der Waals surface area contributed by atoms with Crippen molar-refractivity contribution < 1.29 is 14.1 Å². The van der Waals surface area contributed by atoms with Gasteiger partial charge in [-0.1, -0.05) is 24.3 Å². The fourth-order valence-electron chi connectivity index (χ4n) is 2.13. The van der Waals surface area contributed by atoms with Gasteiger partial charge in [0, 0.05) is 45.8 Å². The predicted molar refractivity (Wildman–Crippen MR) is 85.3 cm³/mol. The number of aromatic carboxylic acids is 1. The van der Waals surface area contributed by atoms with Crippen molar-refractivity contribution in [1.29, 1.82) is 0 Å². The van der Waals surface area contributed by atoms with Crippen molar-refractivity contribution in [3.05, 3.63) is 36.0 Å². The SMILES string of the molecule is CC(CCS(C)=O)Nc1ncc(C(=O)O)c2ccccc12. The molecule has 0 aliphatic rings. The third kappa shape index (κ3) is 3.78. The van der Waals surface area contributed by atoms with E-state index in [-0.39, 0.29) is 11.6 Å². The molecule has 0 saturated heterocycles. The van der Waals surface area contributed by atoms with E-state index < -0.39 is 16.8 Å². The van der Waals surface area contributed by atoms with Crippen LogP contribution in [0.2, 0.25) is 0 Å². The Hall–Kier alpha value is -1.95. The molecule has 6 heteroatoms. The largest absolute Gasteiger partial charge is 0.478 e. The lowest BCUT2D eigenvalue weighted by molar-refractivity contribution is 0.0698. The van der Waals surface area contributed by atoms with Crippen molar-refractivity contribution >= 4 is 33.4 Å². The van der Waals surface area contributed by atoms with E-state index in [1.54, 1.807) is 12.3 Å². The minimum atomic E-state index is -0.986. The van der Waals surface area contributed by atoms with Crippen LogP contribution in [0.15, 0.2) is 30.5 Å². The van der Waals surface area contributed by atoms with Crippen LogP contribution in [0.4, 0.5) is 5.82 Å². The fraction of sp³-hybridized carbons (Fsp3) is 0.333. The molecule has 5 nitrogen and oxygen atoms in total. The summed E-state index contributed by atoms with van der Waals surface area (Å²) in [6.45, 7) is 1.99. The molecular weight excluding hydrogens is 288 g/mol. The van der Waals surface area contributed by atoms with E-state index in [0.717, 1.165) is 11.8 Å². The Kier molecular flexibility index (Phi) is 4.90. The molecule has 2 N–H and O–H groups in total. The molecule has 2 rings (SSSR count). The molecule has 2 unspecified atom stereocenters. The molecule has 21 heavy (non-hydrogen) atoms. The summed E-state index contributed by atoms with van der Waals surface area (Å²) in [5, 5.41) is 13.9. The van der Waals surface area contributed by atoms with Gasteiger partial charge in [0.1, 0.15) is 5.82 Å². The summed E-state index contributed by atoms with van der Waals surface area (Å²) in [6, 6.07) is 7.40. The van der Waals surface area contributed by atoms with Crippen molar-refractivity contribution in [2.75, 3.05) is 17.3 Å². The van der Waals surface area contributed by atoms with E-state index in [4.69, 9.17) is 0 Å². The number of carbonyl (C=O) groups is 1. The van der Waals surface area contributed by atoms with Gasteiger partial charge in [-0.3, -0.25) is 4.21 Å². The maximum absolute atomic E-state index is 11.2. The second-order valence-electron chi connectivity index (χ2n) is 4.98. The van der Waals surface area contributed by atoms with E-state index in [1.165, 1.54) is 6.20 Å². The highest BCUT2D eigenvalue weighted by Gasteiger charge is 2.13. The molecule has 2 aromatic rings. The highest BCUT2D eigenvalue weighted by Crippen LogP contribution is 2.25. The molecule has 1 aromatic carbocycles. The molecule has 0 bridgehead atoms. The van der Waals surface area contributed by atoms with E-state index in [0.29, 0.717) is 17.0 Å². The lowest BCUT2D eigenvalue weighted by Crippen LogP contribution is -2.19. The molecule has 0 saturated carbocycles. The number of rotatable bonds is 6. The third-order valence-electron chi connectivity index (χ3n) is 3.25. The molecule has 1 aromatic heterocycles. The minimum absolute atomic E-state index is 0.112. The van der Waals surface area contributed by atoms with Crippen molar-refractivity contribution in [3.63, 3.8) is 0 Å². The number of nitrogens with one attached hydrogen (secondary N) is 1. The summed E-state index contributed by atoms with van der Waals surface area (Å²) in [6.07, 6.45) is 3.82. The number of anilines is 1. The van der Waals surface area contributed by atoms with Gasteiger partial charge in [-0.05, 0) is 13.3 Å². The van der Waals surface area contributed by atoms with Crippen LogP contribution in [0, 0.1) is 0 Å². The molecule has 112 valence electrons. The molecule has 0 radical (unpaired) electrons. The molecular formula is C15H18N2O3S. The van der Waals surface area contributed by atoms with Gasteiger partial charge in [-0.15, -0.1) is 0 Å².